The van der Waals surface area contributed by atoms with Crippen molar-refractivity contribution in [1.82, 2.24) is 19.3 Å². The van der Waals surface area contributed by atoms with Gasteiger partial charge in [0, 0.05) is 18.3 Å². The number of aromatic nitrogens is 3. The summed E-state index contributed by atoms with van der Waals surface area (Å²) in [6.45, 7) is 0.0444. The summed E-state index contributed by atoms with van der Waals surface area (Å²) in [4.78, 5) is 4.63. The van der Waals surface area contributed by atoms with Crippen molar-refractivity contribution in [1.29, 1.82) is 0 Å². The Kier molecular flexibility index (Phi) is 5.50. The molecule has 0 spiro atoms. The highest BCUT2D eigenvalue weighted by molar-refractivity contribution is 7.89. The molecule has 0 fully saturated rings. The van der Waals surface area contributed by atoms with Crippen LogP contribution in [0.5, 0.6) is 5.75 Å². The highest BCUT2D eigenvalue weighted by atomic mass is 32.2. The lowest BCUT2D eigenvalue weighted by Gasteiger charge is -2.10. The zero-order chi connectivity index (χ0) is 21.3. The lowest BCUT2D eigenvalue weighted by molar-refractivity contribution is 0.400. The summed E-state index contributed by atoms with van der Waals surface area (Å²) in [5.41, 5.74) is 0.997. The van der Waals surface area contributed by atoms with Crippen LogP contribution in [0.25, 0.3) is 16.3 Å². The molecular weight excluding hydrogens is 434 g/mol. The summed E-state index contributed by atoms with van der Waals surface area (Å²) in [5, 5.41) is 6.15. The highest BCUT2D eigenvalue weighted by Crippen LogP contribution is 2.25. The molecule has 0 bridgehead atoms. The normalized spacial score (nSPS) is 11.8. The van der Waals surface area contributed by atoms with Gasteiger partial charge in [0.2, 0.25) is 15.0 Å². The Morgan fingerprint density at radius 1 is 1.20 bits per heavy atom. The molecule has 4 aromatic rings. The quantitative estimate of drug-likeness (QED) is 0.467. The molecule has 0 amide bonds. The third kappa shape index (κ3) is 3.91. The molecular formula is C19H16F2N4O3S2. The number of hydrogen-bond donors (Lipinski definition) is 1. The minimum absolute atomic E-state index is 0.0444. The van der Waals surface area contributed by atoms with Gasteiger partial charge in [-0.15, -0.1) is 16.4 Å². The van der Waals surface area contributed by atoms with E-state index in [0.29, 0.717) is 22.6 Å². The number of hydrogen-bond acceptors (Lipinski definition) is 6. The number of thiazole rings is 1. The van der Waals surface area contributed by atoms with Crippen LogP contribution in [0.4, 0.5) is 8.78 Å². The summed E-state index contributed by atoms with van der Waals surface area (Å²) in [5.74, 6) is -0.799. The second-order valence-corrected chi connectivity index (χ2v) is 8.85. The maximum atomic E-state index is 14.0. The van der Waals surface area contributed by atoms with Gasteiger partial charge in [0.1, 0.15) is 22.3 Å². The number of nitrogens with zero attached hydrogens (tertiary/aromatic N) is 3. The van der Waals surface area contributed by atoms with E-state index in [2.05, 4.69) is 14.8 Å². The Bertz CT molecular complexity index is 1320. The Morgan fingerprint density at radius 2 is 2.00 bits per heavy atom. The fourth-order valence-corrected chi connectivity index (χ4v) is 4.97. The van der Waals surface area contributed by atoms with Gasteiger partial charge in [-0.3, -0.25) is 0 Å². The van der Waals surface area contributed by atoms with Crippen LogP contribution in [0.15, 0.2) is 52.7 Å². The minimum atomic E-state index is -3.98. The first-order chi connectivity index (χ1) is 14.4. The number of ether oxygens (including phenoxy) is 1. The molecule has 0 saturated heterocycles. The van der Waals surface area contributed by atoms with Crippen molar-refractivity contribution >= 4 is 26.3 Å². The first-order valence-electron chi connectivity index (χ1n) is 8.80. The fraction of sp³-hybridized carbons (Fsp3) is 0.158. The van der Waals surface area contributed by atoms with Crippen molar-refractivity contribution in [2.75, 3.05) is 13.7 Å². The van der Waals surface area contributed by atoms with Crippen LogP contribution in [-0.4, -0.2) is 36.7 Å². The lowest BCUT2D eigenvalue weighted by Crippen LogP contribution is -2.26. The summed E-state index contributed by atoms with van der Waals surface area (Å²) < 4.78 is 61.6. The van der Waals surface area contributed by atoms with E-state index >= 15 is 0 Å². The average Bonchev–Trinajstić information content (AvgIpc) is 3.30. The molecule has 0 aliphatic rings. The molecule has 2 heterocycles. The van der Waals surface area contributed by atoms with Crippen molar-refractivity contribution in [3.63, 3.8) is 0 Å². The van der Waals surface area contributed by atoms with Crippen LogP contribution in [0.2, 0.25) is 0 Å². The molecule has 156 valence electrons. The van der Waals surface area contributed by atoms with Gasteiger partial charge in [-0.05, 0) is 30.3 Å². The molecule has 0 aliphatic heterocycles. The average molecular weight is 450 g/mol. The van der Waals surface area contributed by atoms with Crippen LogP contribution < -0.4 is 9.46 Å². The lowest BCUT2D eigenvalue weighted by atomic mass is 10.2. The third-order valence-corrected chi connectivity index (χ3v) is 6.70. The number of fused-ring (bicyclic) bond motifs is 1. The summed E-state index contributed by atoms with van der Waals surface area (Å²) in [6.07, 6.45) is 0.303. The Hall–Kier alpha value is -2.89. The van der Waals surface area contributed by atoms with Crippen molar-refractivity contribution < 1.29 is 21.9 Å². The molecule has 2 aromatic carbocycles. The van der Waals surface area contributed by atoms with Gasteiger partial charge in [-0.2, -0.15) is 4.98 Å². The largest absolute Gasteiger partial charge is 0.495 e. The minimum Gasteiger partial charge on any atom is -0.495 e. The van der Waals surface area contributed by atoms with Crippen LogP contribution in [0, 0.1) is 11.6 Å². The monoisotopic (exact) mass is 450 g/mol. The van der Waals surface area contributed by atoms with Crippen molar-refractivity contribution in [3.8, 4) is 17.1 Å². The molecule has 0 atom stereocenters. The van der Waals surface area contributed by atoms with Crippen LogP contribution in [0.1, 0.15) is 5.69 Å². The summed E-state index contributed by atoms with van der Waals surface area (Å²) in [7, 11) is -2.67. The zero-order valence-electron chi connectivity index (χ0n) is 15.7. The van der Waals surface area contributed by atoms with E-state index in [1.165, 1.54) is 30.6 Å². The van der Waals surface area contributed by atoms with Gasteiger partial charge in [0.15, 0.2) is 5.82 Å². The SMILES string of the molecule is COc1ccc(F)cc1S(=O)(=O)NCCc1csc2nc(-c3ccccc3F)nn12. The molecule has 4 rings (SSSR count). The fourth-order valence-electron chi connectivity index (χ4n) is 2.91. The Balaban J connectivity index is 1.52. The zero-order valence-corrected chi connectivity index (χ0v) is 17.3. The number of methoxy groups -OCH3 is 1. The van der Waals surface area contributed by atoms with E-state index < -0.39 is 21.7 Å². The van der Waals surface area contributed by atoms with E-state index in [1.54, 1.807) is 28.1 Å². The number of halogens is 2. The van der Waals surface area contributed by atoms with Crippen LogP contribution in [-0.2, 0) is 16.4 Å². The maximum Gasteiger partial charge on any atom is 0.244 e. The molecule has 0 saturated carbocycles. The molecule has 7 nitrogen and oxygen atoms in total. The molecule has 0 radical (unpaired) electrons. The van der Waals surface area contributed by atoms with Gasteiger partial charge < -0.3 is 4.74 Å². The molecule has 0 aliphatic carbocycles. The maximum absolute atomic E-state index is 14.0. The predicted molar refractivity (Wildman–Crippen MR) is 108 cm³/mol. The number of rotatable bonds is 7. The van der Waals surface area contributed by atoms with Crippen LogP contribution in [0.3, 0.4) is 0 Å². The van der Waals surface area contributed by atoms with Gasteiger partial charge in [0.25, 0.3) is 0 Å². The second-order valence-electron chi connectivity index (χ2n) is 6.28. The van der Waals surface area contributed by atoms with Crippen molar-refractivity contribution in [2.45, 2.75) is 11.3 Å². The van der Waals surface area contributed by atoms with Gasteiger partial charge in [-0.1, -0.05) is 12.1 Å². The van der Waals surface area contributed by atoms with E-state index in [-0.39, 0.29) is 23.0 Å². The standard InChI is InChI=1S/C19H16F2N4O3S2/c1-28-16-7-6-12(20)10-17(16)30(26,27)22-9-8-13-11-29-19-23-18(24-25(13)19)14-4-2-3-5-15(14)21/h2-7,10-11,22H,8-9H2,1H3. The predicted octanol–water partition coefficient (Wildman–Crippen LogP) is 3.27. The molecule has 30 heavy (non-hydrogen) atoms. The second kappa shape index (κ2) is 8.09. The number of benzene rings is 2. The highest BCUT2D eigenvalue weighted by Gasteiger charge is 2.21. The van der Waals surface area contributed by atoms with Gasteiger partial charge in [-0.25, -0.2) is 26.4 Å². The molecule has 11 heteroatoms. The Labute approximate surface area is 175 Å². The van der Waals surface area contributed by atoms with E-state index in [1.807, 2.05) is 0 Å². The third-order valence-electron chi connectivity index (χ3n) is 4.35. The van der Waals surface area contributed by atoms with Crippen molar-refractivity contribution in [3.05, 3.63) is 65.2 Å². The summed E-state index contributed by atoms with van der Waals surface area (Å²) >= 11 is 1.32. The van der Waals surface area contributed by atoms with Gasteiger partial charge in [0.05, 0.1) is 18.4 Å². The topological polar surface area (TPSA) is 85.6 Å². The van der Waals surface area contributed by atoms with Crippen LogP contribution >= 0.6 is 11.3 Å². The van der Waals surface area contributed by atoms with E-state index in [9.17, 15) is 17.2 Å². The molecule has 0 unspecified atom stereocenters. The van der Waals surface area contributed by atoms with Crippen molar-refractivity contribution in [2.24, 2.45) is 0 Å². The number of nitrogens with one attached hydrogen (secondary N) is 1. The number of sulfonamides is 1. The van der Waals surface area contributed by atoms with E-state index in [4.69, 9.17) is 4.74 Å². The summed E-state index contributed by atoms with van der Waals surface area (Å²) in [6, 6.07) is 9.49. The Morgan fingerprint density at radius 3 is 2.77 bits per heavy atom. The van der Waals surface area contributed by atoms with E-state index in [0.717, 1.165) is 12.1 Å². The first-order valence-corrected chi connectivity index (χ1v) is 11.2. The molecule has 1 N–H and O–H groups in total. The smallest absolute Gasteiger partial charge is 0.244 e. The molecule has 2 aromatic heterocycles. The van der Waals surface area contributed by atoms with Gasteiger partial charge >= 0.3 is 0 Å². The first kappa shape index (κ1) is 20.4.